The molecule has 3 aliphatic rings. The topological polar surface area (TPSA) is 38.0 Å². The highest BCUT2D eigenvalue weighted by molar-refractivity contribution is 4.90. The Labute approximate surface area is 106 Å². The van der Waals surface area contributed by atoms with E-state index in [4.69, 9.17) is 5.84 Å². The molecule has 2 nitrogen and oxygen atoms in total. The third kappa shape index (κ3) is 2.85. The second-order valence-electron chi connectivity index (χ2n) is 6.83. The summed E-state index contributed by atoms with van der Waals surface area (Å²) in [6.07, 6.45) is 14.6. The van der Waals surface area contributed by atoms with E-state index in [-0.39, 0.29) is 0 Å². The Morgan fingerprint density at radius 2 is 1.71 bits per heavy atom. The van der Waals surface area contributed by atoms with Crippen molar-refractivity contribution in [1.29, 1.82) is 0 Å². The minimum atomic E-state index is 0.616. The van der Waals surface area contributed by atoms with Gasteiger partial charge in [0.2, 0.25) is 0 Å². The lowest BCUT2D eigenvalue weighted by molar-refractivity contribution is 0.106. The van der Waals surface area contributed by atoms with Crippen LogP contribution < -0.4 is 11.3 Å². The van der Waals surface area contributed by atoms with Gasteiger partial charge in [-0.15, -0.1) is 0 Å². The summed E-state index contributed by atoms with van der Waals surface area (Å²) >= 11 is 0. The first-order valence-corrected chi connectivity index (χ1v) is 7.83. The van der Waals surface area contributed by atoms with Crippen LogP contribution in [0.3, 0.4) is 0 Å². The molecule has 0 radical (unpaired) electrons. The highest BCUT2D eigenvalue weighted by Crippen LogP contribution is 2.45. The summed E-state index contributed by atoms with van der Waals surface area (Å²) in [5.41, 5.74) is 3.14. The zero-order chi connectivity index (χ0) is 11.7. The van der Waals surface area contributed by atoms with Crippen LogP contribution in [0.25, 0.3) is 0 Å². The summed E-state index contributed by atoms with van der Waals surface area (Å²) in [6, 6.07) is 0.616. The number of rotatable bonds is 4. The molecule has 0 aromatic carbocycles. The van der Waals surface area contributed by atoms with Crippen LogP contribution in [0.15, 0.2) is 0 Å². The van der Waals surface area contributed by atoms with Gasteiger partial charge in [0.15, 0.2) is 0 Å². The molecule has 0 aromatic rings. The average Bonchev–Trinajstić information content (AvgIpc) is 3.19. The molecule has 3 saturated carbocycles. The SMILES string of the molecule is NNC(CC1CC1)C1CCC2CCCCC2C1. The number of hydrogen-bond acceptors (Lipinski definition) is 2. The molecule has 0 aromatic heterocycles. The third-order valence-electron chi connectivity index (χ3n) is 5.65. The van der Waals surface area contributed by atoms with Gasteiger partial charge >= 0.3 is 0 Å². The Hall–Kier alpha value is -0.0800. The van der Waals surface area contributed by atoms with Gasteiger partial charge < -0.3 is 0 Å². The van der Waals surface area contributed by atoms with E-state index in [1.54, 1.807) is 0 Å². The largest absolute Gasteiger partial charge is 0.271 e. The number of fused-ring (bicyclic) bond motifs is 1. The first-order valence-electron chi connectivity index (χ1n) is 7.83. The van der Waals surface area contributed by atoms with E-state index in [1.165, 1.54) is 64.2 Å². The van der Waals surface area contributed by atoms with Crippen molar-refractivity contribution in [1.82, 2.24) is 5.43 Å². The lowest BCUT2D eigenvalue weighted by Gasteiger charge is -2.42. The highest BCUT2D eigenvalue weighted by atomic mass is 15.2. The Balaban J connectivity index is 1.55. The fourth-order valence-corrected chi connectivity index (χ4v) is 4.38. The lowest BCUT2D eigenvalue weighted by Crippen LogP contribution is -2.44. The van der Waals surface area contributed by atoms with E-state index in [1.807, 2.05) is 0 Å². The van der Waals surface area contributed by atoms with Crippen LogP contribution in [-0.4, -0.2) is 6.04 Å². The van der Waals surface area contributed by atoms with Crippen LogP contribution in [0, 0.1) is 23.7 Å². The summed E-state index contributed by atoms with van der Waals surface area (Å²) in [5, 5.41) is 0. The van der Waals surface area contributed by atoms with Crippen molar-refractivity contribution >= 4 is 0 Å². The molecule has 3 N–H and O–H groups in total. The van der Waals surface area contributed by atoms with Gasteiger partial charge in [0.25, 0.3) is 0 Å². The molecule has 3 rings (SSSR count). The standard InChI is InChI=1S/C15H28N2/c16-17-15(9-11-5-6-11)14-8-7-12-3-1-2-4-13(12)10-14/h11-15,17H,1-10,16H2. The van der Waals surface area contributed by atoms with E-state index in [0.29, 0.717) is 6.04 Å². The summed E-state index contributed by atoms with van der Waals surface area (Å²) in [6.45, 7) is 0. The summed E-state index contributed by atoms with van der Waals surface area (Å²) < 4.78 is 0. The van der Waals surface area contributed by atoms with Gasteiger partial charge in [-0.3, -0.25) is 11.3 Å². The van der Waals surface area contributed by atoms with Gasteiger partial charge in [0, 0.05) is 6.04 Å². The molecular weight excluding hydrogens is 208 g/mol. The van der Waals surface area contributed by atoms with Crippen LogP contribution in [0.5, 0.6) is 0 Å². The first kappa shape index (κ1) is 12.0. The molecule has 0 bridgehead atoms. The van der Waals surface area contributed by atoms with Gasteiger partial charge in [0.05, 0.1) is 0 Å². The van der Waals surface area contributed by atoms with Crippen molar-refractivity contribution in [2.24, 2.45) is 29.5 Å². The second-order valence-corrected chi connectivity index (χ2v) is 6.83. The van der Waals surface area contributed by atoms with Gasteiger partial charge in [-0.2, -0.15) is 0 Å². The Bertz CT molecular complexity index is 249. The zero-order valence-corrected chi connectivity index (χ0v) is 11.0. The van der Waals surface area contributed by atoms with Gasteiger partial charge in [-0.1, -0.05) is 38.5 Å². The number of hydrazine groups is 1. The van der Waals surface area contributed by atoms with Crippen molar-refractivity contribution in [2.75, 3.05) is 0 Å². The minimum Gasteiger partial charge on any atom is -0.271 e. The smallest absolute Gasteiger partial charge is 0.0241 e. The van der Waals surface area contributed by atoms with Crippen molar-refractivity contribution in [2.45, 2.75) is 70.3 Å². The maximum absolute atomic E-state index is 5.80. The van der Waals surface area contributed by atoms with E-state index in [9.17, 15) is 0 Å². The molecule has 4 unspecified atom stereocenters. The molecule has 0 amide bonds. The van der Waals surface area contributed by atoms with Crippen molar-refractivity contribution in [3.8, 4) is 0 Å². The Morgan fingerprint density at radius 3 is 2.41 bits per heavy atom. The zero-order valence-electron chi connectivity index (χ0n) is 11.0. The highest BCUT2D eigenvalue weighted by Gasteiger charge is 2.36. The van der Waals surface area contributed by atoms with Gasteiger partial charge in [-0.25, -0.2) is 0 Å². The fourth-order valence-electron chi connectivity index (χ4n) is 4.38. The van der Waals surface area contributed by atoms with Crippen LogP contribution in [0.1, 0.15) is 64.2 Å². The molecule has 0 saturated heterocycles. The summed E-state index contributed by atoms with van der Waals surface area (Å²) in [7, 11) is 0. The Morgan fingerprint density at radius 1 is 0.941 bits per heavy atom. The molecule has 2 heteroatoms. The predicted octanol–water partition coefficient (Wildman–Crippen LogP) is 3.22. The molecule has 0 spiro atoms. The summed E-state index contributed by atoms with van der Waals surface area (Å²) in [4.78, 5) is 0. The molecular formula is C15H28N2. The Kier molecular flexibility index (Phi) is 3.72. The van der Waals surface area contributed by atoms with Crippen LogP contribution in [0.4, 0.5) is 0 Å². The molecule has 0 aliphatic heterocycles. The maximum atomic E-state index is 5.80. The summed E-state index contributed by atoms with van der Waals surface area (Å²) in [5.74, 6) is 9.78. The average molecular weight is 236 g/mol. The maximum Gasteiger partial charge on any atom is 0.0241 e. The molecule has 0 heterocycles. The van der Waals surface area contributed by atoms with Crippen molar-refractivity contribution in [3.63, 3.8) is 0 Å². The lowest BCUT2D eigenvalue weighted by atomic mass is 9.66. The predicted molar refractivity (Wildman–Crippen MR) is 71.2 cm³/mol. The molecule has 4 atom stereocenters. The van der Waals surface area contributed by atoms with Crippen LogP contribution in [0.2, 0.25) is 0 Å². The quantitative estimate of drug-likeness (QED) is 0.581. The number of nitrogens with two attached hydrogens (primary N) is 1. The van der Waals surface area contributed by atoms with Crippen molar-refractivity contribution in [3.05, 3.63) is 0 Å². The van der Waals surface area contributed by atoms with E-state index in [0.717, 1.165) is 23.7 Å². The fraction of sp³-hybridized carbons (Fsp3) is 1.00. The minimum absolute atomic E-state index is 0.616. The van der Waals surface area contributed by atoms with Crippen LogP contribution >= 0.6 is 0 Å². The van der Waals surface area contributed by atoms with E-state index in [2.05, 4.69) is 5.43 Å². The van der Waals surface area contributed by atoms with Gasteiger partial charge in [0.1, 0.15) is 0 Å². The number of nitrogens with one attached hydrogen (secondary N) is 1. The first-order chi connectivity index (χ1) is 8.36. The second kappa shape index (κ2) is 5.27. The van der Waals surface area contributed by atoms with E-state index < -0.39 is 0 Å². The number of hydrogen-bond donors (Lipinski definition) is 2. The monoisotopic (exact) mass is 236 g/mol. The molecule has 98 valence electrons. The molecule has 17 heavy (non-hydrogen) atoms. The van der Waals surface area contributed by atoms with Crippen LogP contribution in [-0.2, 0) is 0 Å². The van der Waals surface area contributed by atoms with E-state index >= 15 is 0 Å². The third-order valence-corrected chi connectivity index (χ3v) is 5.65. The molecule has 3 aliphatic carbocycles. The molecule has 3 fully saturated rings. The van der Waals surface area contributed by atoms with Gasteiger partial charge in [-0.05, 0) is 49.4 Å². The van der Waals surface area contributed by atoms with Crippen molar-refractivity contribution < 1.29 is 0 Å². The normalized spacial score (nSPS) is 39.7.